The smallest absolute Gasteiger partial charge is 0.416 e. The van der Waals surface area contributed by atoms with E-state index in [-0.39, 0.29) is 24.1 Å². The summed E-state index contributed by atoms with van der Waals surface area (Å²) in [4.78, 5) is 26.4. The first kappa shape index (κ1) is 22.4. The van der Waals surface area contributed by atoms with Crippen molar-refractivity contribution in [2.24, 2.45) is 5.41 Å². The number of rotatable bonds is 5. The van der Waals surface area contributed by atoms with Gasteiger partial charge in [-0.25, -0.2) is 0 Å². The Bertz CT molecular complexity index is 1000. The number of amides is 1. The summed E-state index contributed by atoms with van der Waals surface area (Å²) in [5.41, 5.74) is -2.21. The molecule has 2 unspecified atom stereocenters. The van der Waals surface area contributed by atoms with E-state index in [4.69, 9.17) is 9.47 Å². The molecular formula is C23H22F3NO4. The molecule has 1 amide bonds. The van der Waals surface area contributed by atoms with Crippen molar-refractivity contribution in [3.8, 4) is 5.75 Å². The third kappa shape index (κ3) is 3.89. The summed E-state index contributed by atoms with van der Waals surface area (Å²) in [6.45, 7) is 3.66. The summed E-state index contributed by atoms with van der Waals surface area (Å²) in [6, 6.07) is 10.1. The number of hydrogen-bond donors (Lipinski definition) is 1. The molecule has 0 aromatic heterocycles. The Morgan fingerprint density at radius 1 is 1.23 bits per heavy atom. The highest BCUT2D eigenvalue weighted by molar-refractivity contribution is 6.11. The molecule has 2 aromatic carbocycles. The van der Waals surface area contributed by atoms with Gasteiger partial charge >= 0.3 is 12.1 Å². The second-order valence-corrected chi connectivity index (χ2v) is 7.27. The lowest BCUT2D eigenvalue weighted by atomic mass is 9.67. The molecule has 1 aliphatic rings. The number of alkyl halides is 3. The number of benzene rings is 2. The van der Waals surface area contributed by atoms with Gasteiger partial charge in [0.25, 0.3) is 0 Å². The number of anilines is 1. The van der Waals surface area contributed by atoms with Crippen LogP contribution in [-0.2, 0) is 26.9 Å². The third-order valence-electron chi connectivity index (χ3n) is 5.67. The summed E-state index contributed by atoms with van der Waals surface area (Å²) in [6.07, 6.45) is -3.55. The normalized spacial score (nSPS) is 20.8. The van der Waals surface area contributed by atoms with Gasteiger partial charge in [-0.3, -0.25) is 9.59 Å². The molecule has 8 heteroatoms. The Kier molecular flexibility index (Phi) is 6.10. The Morgan fingerprint density at radius 2 is 1.90 bits per heavy atom. The molecule has 0 bridgehead atoms. The maximum atomic E-state index is 13.8. The van der Waals surface area contributed by atoms with Crippen molar-refractivity contribution in [1.29, 1.82) is 0 Å². The van der Waals surface area contributed by atoms with Gasteiger partial charge in [-0.2, -0.15) is 13.2 Å². The van der Waals surface area contributed by atoms with Crippen molar-refractivity contribution in [1.82, 2.24) is 0 Å². The quantitative estimate of drug-likeness (QED) is 0.421. The average molecular weight is 433 g/mol. The predicted molar refractivity (Wildman–Crippen MR) is 109 cm³/mol. The summed E-state index contributed by atoms with van der Waals surface area (Å²) in [7, 11) is 2.63. The zero-order valence-corrected chi connectivity index (χ0v) is 17.1. The van der Waals surface area contributed by atoms with E-state index in [1.165, 1.54) is 25.3 Å². The molecule has 0 aliphatic carbocycles. The van der Waals surface area contributed by atoms with Crippen LogP contribution >= 0.6 is 0 Å². The van der Waals surface area contributed by atoms with Crippen molar-refractivity contribution in [3.05, 3.63) is 71.8 Å². The molecule has 1 heterocycles. The summed E-state index contributed by atoms with van der Waals surface area (Å²) < 4.78 is 51.4. The number of carbonyl (C=O) groups is 2. The van der Waals surface area contributed by atoms with Crippen LogP contribution in [0.5, 0.6) is 5.75 Å². The molecule has 3 rings (SSSR count). The van der Waals surface area contributed by atoms with Gasteiger partial charge in [0, 0.05) is 11.6 Å². The second-order valence-electron chi connectivity index (χ2n) is 7.27. The van der Waals surface area contributed by atoms with Crippen molar-refractivity contribution < 1.29 is 32.2 Å². The Morgan fingerprint density at radius 3 is 2.45 bits per heavy atom. The standard InChI is InChI=1S/C23H22F3NO4/c1-4-12-22(21(29)31-3)18(14-8-10-15(30-2)11-9-14)13-16-17(23(24,25)26)6-5-7-19(16)27-20(22)28/h4-11,18H,1,12-13H2,2-3H3,(H,27,28). The van der Waals surface area contributed by atoms with Gasteiger partial charge in [0.2, 0.25) is 5.91 Å². The summed E-state index contributed by atoms with van der Waals surface area (Å²) in [5.74, 6) is -1.98. The van der Waals surface area contributed by atoms with E-state index in [0.717, 1.165) is 13.2 Å². The van der Waals surface area contributed by atoms with Crippen molar-refractivity contribution in [3.63, 3.8) is 0 Å². The number of allylic oxidation sites excluding steroid dienone is 1. The third-order valence-corrected chi connectivity index (χ3v) is 5.67. The molecule has 0 spiro atoms. The minimum atomic E-state index is -4.63. The van der Waals surface area contributed by atoms with Gasteiger partial charge in [0.15, 0.2) is 5.41 Å². The number of esters is 1. The lowest BCUT2D eigenvalue weighted by Gasteiger charge is -2.35. The molecule has 0 saturated carbocycles. The maximum absolute atomic E-state index is 13.8. The van der Waals surface area contributed by atoms with E-state index in [1.807, 2.05) is 0 Å². The fraction of sp³-hybridized carbons (Fsp3) is 0.304. The second kappa shape index (κ2) is 8.45. The van der Waals surface area contributed by atoms with Gasteiger partial charge < -0.3 is 14.8 Å². The number of nitrogens with one attached hydrogen (secondary N) is 1. The molecule has 31 heavy (non-hydrogen) atoms. The number of ether oxygens (including phenoxy) is 2. The molecular weight excluding hydrogens is 411 g/mol. The molecule has 1 N–H and O–H groups in total. The number of methoxy groups -OCH3 is 2. The van der Waals surface area contributed by atoms with E-state index in [1.54, 1.807) is 24.3 Å². The van der Waals surface area contributed by atoms with Crippen LogP contribution in [0.3, 0.4) is 0 Å². The van der Waals surface area contributed by atoms with E-state index >= 15 is 0 Å². The number of hydrogen-bond acceptors (Lipinski definition) is 4. The number of halogens is 3. The van der Waals surface area contributed by atoms with E-state index in [0.29, 0.717) is 11.3 Å². The van der Waals surface area contributed by atoms with E-state index < -0.39 is 34.9 Å². The van der Waals surface area contributed by atoms with Crippen LogP contribution in [0.15, 0.2) is 55.1 Å². The van der Waals surface area contributed by atoms with Gasteiger partial charge in [-0.15, -0.1) is 6.58 Å². The van der Waals surface area contributed by atoms with Crippen LogP contribution < -0.4 is 10.1 Å². The van der Waals surface area contributed by atoms with Crippen LogP contribution in [0, 0.1) is 5.41 Å². The van der Waals surface area contributed by atoms with Gasteiger partial charge in [0.1, 0.15) is 5.75 Å². The minimum Gasteiger partial charge on any atom is -0.497 e. The first-order chi connectivity index (χ1) is 14.7. The number of carbonyl (C=O) groups excluding carboxylic acids is 2. The van der Waals surface area contributed by atoms with Crippen LogP contribution in [0.2, 0.25) is 0 Å². The lowest BCUT2D eigenvalue weighted by Crippen LogP contribution is -2.47. The molecule has 5 nitrogen and oxygen atoms in total. The zero-order valence-electron chi connectivity index (χ0n) is 17.1. The average Bonchev–Trinajstić information content (AvgIpc) is 2.87. The van der Waals surface area contributed by atoms with Crippen LogP contribution in [0.1, 0.15) is 29.0 Å². The van der Waals surface area contributed by atoms with Gasteiger partial charge in [-0.1, -0.05) is 24.3 Å². The van der Waals surface area contributed by atoms with E-state index in [9.17, 15) is 22.8 Å². The Labute approximate surface area is 177 Å². The van der Waals surface area contributed by atoms with Crippen LogP contribution in [0.4, 0.5) is 18.9 Å². The van der Waals surface area contributed by atoms with Crippen molar-refractivity contribution >= 4 is 17.6 Å². The highest BCUT2D eigenvalue weighted by atomic mass is 19.4. The van der Waals surface area contributed by atoms with Crippen molar-refractivity contribution in [2.45, 2.75) is 24.9 Å². The first-order valence-electron chi connectivity index (χ1n) is 9.52. The molecule has 0 fully saturated rings. The van der Waals surface area contributed by atoms with Gasteiger partial charge in [0.05, 0.1) is 19.8 Å². The molecule has 1 aliphatic heterocycles. The van der Waals surface area contributed by atoms with Crippen LogP contribution in [-0.4, -0.2) is 26.1 Å². The highest BCUT2D eigenvalue weighted by Crippen LogP contribution is 2.49. The molecule has 2 atom stereocenters. The molecule has 2 aromatic rings. The Hall–Kier alpha value is -3.29. The van der Waals surface area contributed by atoms with E-state index in [2.05, 4.69) is 11.9 Å². The van der Waals surface area contributed by atoms with Gasteiger partial charge in [-0.05, 0) is 48.2 Å². The molecule has 0 radical (unpaired) electrons. The fourth-order valence-corrected chi connectivity index (χ4v) is 4.16. The zero-order chi connectivity index (χ0) is 22.8. The lowest BCUT2D eigenvalue weighted by molar-refractivity contribution is -0.158. The first-order valence-corrected chi connectivity index (χ1v) is 9.52. The minimum absolute atomic E-state index is 0.0215. The monoisotopic (exact) mass is 433 g/mol. The topological polar surface area (TPSA) is 64.6 Å². The summed E-state index contributed by atoms with van der Waals surface area (Å²) in [5, 5.41) is 2.54. The molecule has 164 valence electrons. The van der Waals surface area contributed by atoms with Crippen LogP contribution in [0.25, 0.3) is 0 Å². The predicted octanol–water partition coefficient (Wildman–Crippen LogP) is 4.73. The molecule has 0 saturated heterocycles. The largest absolute Gasteiger partial charge is 0.497 e. The van der Waals surface area contributed by atoms with Crippen molar-refractivity contribution in [2.75, 3.05) is 19.5 Å². The number of fused-ring (bicyclic) bond motifs is 1. The summed E-state index contributed by atoms with van der Waals surface area (Å²) >= 11 is 0. The fourth-order valence-electron chi connectivity index (χ4n) is 4.16. The maximum Gasteiger partial charge on any atom is 0.416 e. The highest BCUT2D eigenvalue weighted by Gasteiger charge is 2.55. The SMILES string of the molecule is C=CCC1(C(=O)OC)C(=O)Nc2cccc(C(F)(F)F)c2CC1c1ccc(OC)cc1. The Balaban J connectivity index is 2.29.